The summed E-state index contributed by atoms with van der Waals surface area (Å²) in [7, 11) is 0. The summed E-state index contributed by atoms with van der Waals surface area (Å²) in [6, 6.07) is 61.2. The number of anilines is 3. The Morgan fingerprint density at radius 2 is 0.958 bits per heavy atom. The first-order valence-electron chi connectivity index (χ1n) is 16.9. The predicted molar refractivity (Wildman–Crippen MR) is 202 cm³/mol. The van der Waals surface area contributed by atoms with Crippen LogP contribution in [-0.4, -0.2) is 0 Å². The highest BCUT2D eigenvalue weighted by Gasteiger charge is 2.52. The number of fused-ring (bicyclic) bond motifs is 14. The van der Waals surface area contributed by atoms with Gasteiger partial charge in [-0.3, -0.25) is 0 Å². The van der Waals surface area contributed by atoms with Gasteiger partial charge in [-0.25, -0.2) is 0 Å². The maximum absolute atomic E-state index is 2.54. The molecule has 0 saturated carbocycles. The van der Waals surface area contributed by atoms with Crippen molar-refractivity contribution in [2.75, 3.05) is 4.90 Å². The lowest BCUT2D eigenvalue weighted by Gasteiger charge is -2.33. The molecule has 48 heavy (non-hydrogen) atoms. The second kappa shape index (κ2) is 10.0. The molecule has 1 spiro atoms. The molecule has 0 bridgehead atoms. The van der Waals surface area contributed by atoms with Crippen molar-refractivity contribution in [1.82, 2.24) is 0 Å². The Morgan fingerprint density at radius 3 is 1.67 bits per heavy atom. The third kappa shape index (κ3) is 3.56. The van der Waals surface area contributed by atoms with Crippen molar-refractivity contribution in [3.05, 3.63) is 197 Å². The molecule has 0 aromatic heterocycles. The molecule has 2 aliphatic rings. The zero-order valence-electron chi connectivity index (χ0n) is 27.0. The standard InChI is InChI=1S/C47H33N/c1-30-26-31(2)28-34(27-30)48(33-15-4-3-5-16-33)44-29-43-46(39-21-9-8-20-38(39)44)45-35-17-7-6-14-32(35)24-25-42(45)47(43)40-22-12-10-18-36(40)37-19-11-13-23-41(37)47/h3-29H,1-2H3. The quantitative estimate of drug-likeness (QED) is 0.192. The van der Waals surface area contributed by atoms with E-state index in [2.05, 4.69) is 183 Å². The third-order valence-corrected chi connectivity index (χ3v) is 10.7. The van der Waals surface area contributed by atoms with Crippen molar-refractivity contribution in [3.63, 3.8) is 0 Å². The van der Waals surface area contributed by atoms with Crippen molar-refractivity contribution in [1.29, 1.82) is 0 Å². The van der Waals surface area contributed by atoms with Gasteiger partial charge in [0.15, 0.2) is 0 Å². The number of hydrogen-bond donors (Lipinski definition) is 0. The van der Waals surface area contributed by atoms with Crippen molar-refractivity contribution in [2.45, 2.75) is 19.3 Å². The molecule has 0 N–H and O–H groups in total. The second-order valence-electron chi connectivity index (χ2n) is 13.4. The summed E-state index contributed by atoms with van der Waals surface area (Å²) in [5.74, 6) is 0. The maximum Gasteiger partial charge on any atom is 0.0726 e. The number of nitrogens with zero attached hydrogens (tertiary/aromatic N) is 1. The van der Waals surface area contributed by atoms with Gasteiger partial charge in [-0.05, 0) is 116 Å². The van der Waals surface area contributed by atoms with E-state index in [4.69, 9.17) is 0 Å². The molecule has 0 unspecified atom stereocenters. The van der Waals surface area contributed by atoms with E-state index in [1.165, 1.54) is 88.6 Å². The minimum Gasteiger partial charge on any atom is -0.310 e. The summed E-state index contributed by atoms with van der Waals surface area (Å²) < 4.78 is 0. The lowest BCUT2D eigenvalue weighted by Crippen LogP contribution is -2.26. The Balaban J connectivity index is 1.42. The van der Waals surface area contributed by atoms with E-state index < -0.39 is 5.41 Å². The molecule has 0 aliphatic heterocycles. The van der Waals surface area contributed by atoms with Crippen LogP contribution in [0.1, 0.15) is 33.4 Å². The fourth-order valence-corrected chi connectivity index (χ4v) is 9.00. The first-order chi connectivity index (χ1) is 23.6. The summed E-state index contributed by atoms with van der Waals surface area (Å²) in [5, 5.41) is 5.11. The molecule has 0 atom stereocenters. The fraction of sp³-hybridized carbons (Fsp3) is 0.0638. The molecule has 10 rings (SSSR count). The van der Waals surface area contributed by atoms with Gasteiger partial charge in [-0.15, -0.1) is 0 Å². The van der Waals surface area contributed by atoms with Crippen LogP contribution in [0.4, 0.5) is 17.1 Å². The predicted octanol–water partition coefficient (Wildman–Crippen LogP) is 12.4. The second-order valence-corrected chi connectivity index (χ2v) is 13.4. The largest absolute Gasteiger partial charge is 0.310 e. The maximum atomic E-state index is 2.54. The smallest absolute Gasteiger partial charge is 0.0726 e. The number of para-hydroxylation sites is 1. The number of hydrogen-bond acceptors (Lipinski definition) is 1. The summed E-state index contributed by atoms with van der Waals surface area (Å²) in [6.45, 7) is 4.40. The molecule has 1 heteroatoms. The van der Waals surface area contributed by atoms with E-state index in [-0.39, 0.29) is 0 Å². The lowest BCUT2D eigenvalue weighted by molar-refractivity contribution is 0.795. The van der Waals surface area contributed by atoms with Crippen LogP contribution in [0, 0.1) is 13.8 Å². The molecular weight excluding hydrogens is 579 g/mol. The Morgan fingerprint density at radius 1 is 0.396 bits per heavy atom. The average Bonchev–Trinajstić information content (AvgIpc) is 3.59. The van der Waals surface area contributed by atoms with Crippen molar-refractivity contribution < 1.29 is 0 Å². The zero-order chi connectivity index (χ0) is 32.0. The minimum absolute atomic E-state index is 0.453. The van der Waals surface area contributed by atoms with Gasteiger partial charge in [0.05, 0.1) is 11.1 Å². The monoisotopic (exact) mass is 611 g/mol. The van der Waals surface area contributed by atoms with Crippen LogP contribution in [-0.2, 0) is 5.41 Å². The Hall–Kier alpha value is -5.92. The van der Waals surface area contributed by atoms with Crippen LogP contribution in [0.5, 0.6) is 0 Å². The fourth-order valence-electron chi connectivity index (χ4n) is 9.00. The van der Waals surface area contributed by atoms with Crippen LogP contribution < -0.4 is 4.90 Å². The first-order valence-corrected chi connectivity index (χ1v) is 16.9. The first kappa shape index (κ1) is 27.2. The van der Waals surface area contributed by atoms with Crippen LogP contribution in [0.25, 0.3) is 43.8 Å². The van der Waals surface area contributed by atoms with E-state index in [0.29, 0.717) is 0 Å². The summed E-state index contributed by atoms with van der Waals surface area (Å²) in [4.78, 5) is 2.48. The molecule has 0 fully saturated rings. The molecule has 226 valence electrons. The average molecular weight is 612 g/mol. The molecule has 8 aromatic carbocycles. The number of rotatable bonds is 3. The van der Waals surface area contributed by atoms with Crippen LogP contribution in [0.3, 0.4) is 0 Å². The van der Waals surface area contributed by atoms with Gasteiger partial charge in [0.1, 0.15) is 0 Å². The van der Waals surface area contributed by atoms with Gasteiger partial charge in [-0.1, -0.05) is 133 Å². The van der Waals surface area contributed by atoms with E-state index in [1.54, 1.807) is 0 Å². The minimum atomic E-state index is -0.453. The van der Waals surface area contributed by atoms with Gasteiger partial charge < -0.3 is 4.90 Å². The summed E-state index contributed by atoms with van der Waals surface area (Å²) in [6.07, 6.45) is 0. The Kier molecular flexibility index (Phi) is 5.69. The molecule has 1 nitrogen and oxygen atoms in total. The highest BCUT2D eigenvalue weighted by atomic mass is 15.1. The SMILES string of the molecule is Cc1cc(C)cc(N(c2ccccc2)c2cc3c(c4ccccc24)-c2c(ccc4ccccc24)C32c3ccccc3-c3ccccc32)c1. The molecule has 0 amide bonds. The molecular formula is C47H33N. The van der Waals surface area contributed by atoms with Crippen LogP contribution in [0.2, 0.25) is 0 Å². The Bertz CT molecular complexity index is 2530. The normalized spacial score (nSPS) is 13.4. The van der Waals surface area contributed by atoms with Crippen molar-refractivity contribution in [2.24, 2.45) is 0 Å². The van der Waals surface area contributed by atoms with Crippen LogP contribution in [0.15, 0.2) is 164 Å². The molecule has 0 heterocycles. The van der Waals surface area contributed by atoms with Crippen molar-refractivity contribution >= 4 is 38.6 Å². The summed E-state index contributed by atoms with van der Waals surface area (Å²) in [5.41, 5.74) is 16.4. The molecule has 8 aromatic rings. The molecule has 2 aliphatic carbocycles. The van der Waals surface area contributed by atoms with E-state index >= 15 is 0 Å². The number of benzene rings is 8. The van der Waals surface area contributed by atoms with Gasteiger partial charge in [0.25, 0.3) is 0 Å². The van der Waals surface area contributed by atoms with Gasteiger partial charge in [0, 0.05) is 16.8 Å². The van der Waals surface area contributed by atoms with Crippen molar-refractivity contribution in [3.8, 4) is 22.3 Å². The van der Waals surface area contributed by atoms with E-state index in [1.807, 2.05) is 0 Å². The number of aryl methyl sites for hydroxylation is 2. The highest BCUT2D eigenvalue weighted by Crippen LogP contribution is 2.65. The molecule has 0 radical (unpaired) electrons. The third-order valence-electron chi connectivity index (χ3n) is 10.7. The topological polar surface area (TPSA) is 3.24 Å². The van der Waals surface area contributed by atoms with E-state index in [9.17, 15) is 0 Å². The Labute approximate surface area is 281 Å². The van der Waals surface area contributed by atoms with Gasteiger partial charge in [0.2, 0.25) is 0 Å². The van der Waals surface area contributed by atoms with Gasteiger partial charge in [-0.2, -0.15) is 0 Å². The van der Waals surface area contributed by atoms with Crippen LogP contribution >= 0.6 is 0 Å². The zero-order valence-corrected chi connectivity index (χ0v) is 27.0. The lowest BCUT2D eigenvalue weighted by atomic mass is 9.70. The molecule has 0 saturated heterocycles. The summed E-state index contributed by atoms with van der Waals surface area (Å²) >= 11 is 0. The highest BCUT2D eigenvalue weighted by molar-refractivity contribution is 6.16. The van der Waals surface area contributed by atoms with E-state index in [0.717, 1.165) is 5.69 Å². The van der Waals surface area contributed by atoms with Gasteiger partial charge >= 0.3 is 0 Å².